The standard InChI is InChI=1S/C23H24N6O3/c1-32-18-10-17(12-27-13-18)29-22(20(24)11-16-4-2-3-7-28-16)23(31)21(25)19(14-30)15-5-8-26-9-6-15/h2-10,12-14,16,22,24,28-29H,11,25H2,1H3. The number of aldehydes is 1. The number of ether oxygens (including phenoxy) is 1. The number of dihydropyridines is 1. The number of carbonyl (C=O) groups is 2. The fourth-order valence-corrected chi connectivity index (χ4v) is 3.16. The van der Waals surface area contributed by atoms with Gasteiger partial charge in [0.1, 0.15) is 11.8 Å². The molecule has 32 heavy (non-hydrogen) atoms. The summed E-state index contributed by atoms with van der Waals surface area (Å²) >= 11 is 0. The van der Waals surface area contributed by atoms with Crippen molar-refractivity contribution >= 4 is 29.0 Å². The van der Waals surface area contributed by atoms with E-state index in [-0.39, 0.29) is 29.4 Å². The molecule has 0 aromatic carbocycles. The van der Waals surface area contributed by atoms with Gasteiger partial charge in [0.25, 0.3) is 0 Å². The third-order valence-corrected chi connectivity index (χ3v) is 4.84. The molecule has 0 bridgehead atoms. The molecule has 0 amide bonds. The number of hydrogen-bond donors (Lipinski definition) is 4. The van der Waals surface area contributed by atoms with Crippen LogP contribution in [0.3, 0.4) is 0 Å². The Morgan fingerprint density at radius 3 is 2.75 bits per heavy atom. The van der Waals surface area contributed by atoms with Crippen LogP contribution >= 0.6 is 0 Å². The lowest BCUT2D eigenvalue weighted by atomic mass is 9.94. The summed E-state index contributed by atoms with van der Waals surface area (Å²) in [6, 6.07) is 3.58. The highest BCUT2D eigenvalue weighted by Crippen LogP contribution is 2.20. The first-order valence-corrected chi connectivity index (χ1v) is 9.85. The molecular weight excluding hydrogens is 408 g/mol. The summed E-state index contributed by atoms with van der Waals surface area (Å²) in [5.74, 6) is -0.101. The Kier molecular flexibility index (Phi) is 7.47. The first-order valence-electron chi connectivity index (χ1n) is 9.85. The third-order valence-electron chi connectivity index (χ3n) is 4.84. The van der Waals surface area contributed by atoms with E-state index in [0.29, 0.717) is 23.3 Å². The predicted octanol–water partition coefficient (Wildman–Crippen LogP) is 1.86. The molecular formula is C23H24N6O3. The van der Waals surface area contributed by atoms with Gasteiger partial charge in [0.15, 0.2) is 6.29 Å². The molecule has 2 unspecified atom stereocenters. The van der Waals surface area contributed by atoms with Crippen LogP contribution in [0, 0.1) is 5.41 Å². The Morgan fingerprint density at radius 1 is 1.31 bits per heavy atom. The van der Waals surface area contributed by atoms with Crippen molar-refractivity contribution in [3.05, 3.63) is 78.7 Å². The highest BCUT2D eigenvalue weighted by molar-refractivity contribution is 6.24. The van der Waals surface area contributed by atoms with E-state index >= 15 is 0 Å². The molecule has 1 aliphatic rings. The van der Waals surface area contributed by atoms with E-state index in [1.165, 1.54) is 31.9 Å². The average molecular weight is 432 g/mol. The lowest BCUT2D eigenvalue weighted by molar-refractivity contribution is -0.115. The zero-order valence-corrected chi connectivity index (χ0v) is 17.5. The van der Waals surface area contributed by atoms with Gasteiger partial charge in [-0.05, 0) is 30.0 Å². The Hall–Kier alpha value is -4.27. The van der Waals surface area contributed by atoms with Crippen LogP contribution in [0.25, 0.3) is 5.57 Å². The van der Waals surface area contributed by atoms with Crippen molar-refractivity contribution in [2.75, 3.05) is 12.4 Å². The Labute approximate surface area is 185 Å². The Bertz CT molecular complexity index is 1080. The summed E-state index contributed by atoms with van der Waals surface area (Å²) in [7, 11) is 1.51. The number of nitrogens with one attached hydrogen (secondary N) is 3. The second-order valence-corrected chi connectivity index (χ2v) is 6.98. The number of nitrogens with zero attached hydrogens (tertiary/aromatic N) is 2. The van der Waals surface area contributed by atoms with Gasteiger partial charge in [-0.3, -0.25) is 19.6 Å². The Balaban J connectivity index is 1.94. The maximum atomic E-state index is 13.4. The average Bonchev–Trinajstić information content (AvgIpc) is 2.84. The maximum Gasteiger partial charge on any atom is 0.207 e. The quantitative estimate of drug-likeness (QED) is 0.253. The first-order chi connectivity index (χ1) is 15.5. The van der Waals surface area contributed by atoms with Gasteiger partial charge in [-0.2, -0.15) is 0 Å². The van der Waals surface area contributed by atoms with Crippen LogP contribution in [0.5, 0.6) is 5.75 Å². The van der Waals surface area contributed by atoms with Gasteiger partial charge in [0.2, 0.25) is 5.78 Å². The summed E-state index contributed by atoms with van der Waals surface area (Å²) < 4.78 is 5.19. The maximum absolute atomic E-state index is 13.4. The molecule has 2 aromatic rings. The van der Waals surface area contributed by atoms with E-state index in [4.69, 9.17) is 15.9 Å². The molecule has 164 valence electrons. The van der Waals surface area contributed by atoms with Gasteiger partial charge in [0, 0.05) is 42.2 Å². The van der Waals surface area contributed by atoms with Gasteiger partial charge in [0.05, 0.1) is 30.9 Å². The SMILES string of the molecule is COc1cncc(NC(C(=N)CC2C=CC=CN2)C(=O)C(N)=C(C=O)c2ccncc2)c1. The summed E-state index contributed by atoms with van der Waals surface area (Å²) in [5, 5.41) is 14.8. The summed E-state index contributed by atoms with van der Waals surface area (Å²) in [4.78, 5) is 33.2. The van der Waals surface area contributed by atoms with Crippen LogP contribution in [-0.2, 0) is 9.59 Å². The van der Waals surface area contributed by atoms with E-state index in [0.717, 1.165) is 0 Å². The molecule has 9 nitrogen and oxygen atoms in total. The van der Waals surface area contributed by atoms with Crippen molar-refractivity contribution in [2.24, 2.45) is 5.73 Å². The summed E-state index contributed by atoms with van der Waals surface area (Å²) in [6.45, 7) is 0. The zero-order chi connectivity index (χ0) is 22.9. The zero-order valence-electron chi connectivity index (χ0n) is 17.5. The smallest absolute Gasteiger partial charge is 0.207 e. The number of anilines is 1. The van der Waals surface area contributed by atoms with E-state index < -0.39 is 11.8 Å². The van der Waals surface area contributed by atoms with Crippen LogP contribution in [0.15, 0.2) is 73.1 Å². The number of nitrogens with two attached hydrogens (primary N) is 1. The van der Waals surface area contributed by atoms with Crippen LogP contribution in [-0.4, -0.2) is 46.9 Å². The summed E-state index contributed by atoms with van der Waals surface area (Å²) in [5.41, 5.74) is 6.99. The normalized spacial score (nSPS) is 16.3. The van der Waals surface area contributed by atoms with Crippen LogP contribution < -0.4 is 21.1 Å². The molecule has 1 aliphatic heterocycles. The summed E-state index contributed by atoms with van der Waals surface area (Å²) in [6.07, 6.45) is 14.2. The topological polar surface area (TPSA) is 143 Å². The minimum Gasteiger partial charge on any atom is -0.495 e. The monoisotopic (exact) mass is 432 g/mol. The number of allylic oxidation sites excluding steroid dienone is 3. The number of hydrogen-bond acceptors (Lipinski definition) is 9. The number of aromatic nitrogens is 2. The number of methoxy groups -OCH3 is 1. The van der Waals surface area contributed by atoms with Crippen molar-refractivity contribution in [3.63, 3.8) is 0 Å². The number of ketones is 1. The molecule has 5 N–H and O–H groups in total. The van der Waals surface area contributed by atoms with E-state index in [1.54, 1.807) is 24.4 Å². The molecule has 0 aliphatic carbocycles. The second-order valence-electron chi connectivity index (χ2n) is 6.98. The number of Topliss-reactive ketones (excluding diaryl/α,β-unsaturated/α-hetero) is 1. The van der Waals surface area contributed by atoms with Crippen molar-refractivity contribution in [1.29, 1.82) is 5.41 Å². The van der Waals surface area contributed by atoms with Crippen molar-refractivity contribution in [2.45, 2.75) is 18.5 Å². The fourth-order valence-electron chi connectivity index (χ4n) is 3.16. The molecule has 0 saturated heterocycles. The van der Waals surface area contributed by atoms with E-state index in [1.807, 2.05) is 18.2 Å². The van der Waals surface area contributed by atoms with Gasteiger partial charge >= 0.3 is 0 Å². The largest absolute Gasteiger partial charge is 0.495 e. The number of rotatable bonds is 10. The second kappa shape index (κ2) is 10.7. The number of carbonyl (C=O) groups excluding carboxylic acids is 2. The van der Waals surface area contributed by atoms with Gasteiger partial charge in [-0.15, -0.1) is 0 Å². The molecule has 0 spiro atoms. The molecule has 2 atom stereocenters. The minimum atomic E-state index is -1.11. The molecule has 9 heteroatoms. The highest BCUT2D eigenvalue weighted by Gasteiger charge is 2.29. The van der Waals surface area contributed by atoms with Crippen LogP contribution in [0.2, 0.25) is 0 Å². The first kappa shape index (κ1) is 22.4. The molecule has 0 fully saturated rings. The molecule has 0 radical (unpaired) electrons. The fraction of sp³-hybridized carbons (Fsp3) is 0.174. The molecule has 0 saturated carbocycles. The minimum absolute atomic E-state index is 0.0411. The number of pyridine rings is 2. The van der Waals surface area contributed by atoms with Crippen molar-refractivity contribution in [3.8, 4) is 5.75 Å². The van der Waals surface area contributed by atoms with Gasteiger partial charge in [-0.1, -0.05) is 12.2 Å². The molecule has 3 rings (SSSR count). The van der Waals surface area contributed by atoms with E-state index in [9.17, 15) is 9.59 Å². The predicted molar refractivity (Wildman–Crippen MR) is 122 cm³/mol. The lowest BCUT2D eigenvalue weighted by Gasteiger charge is -2.24. The molecule has 3 heterocycles. The van der Waals surface area contributed by atoms with E-state index in [2.05, 4.69) is 20.6 Å². The highest BCUT2D eigenvalue weighted by atomic mass is 16.5. The lowest BCUT2D eigenvalue weighted by Crippen LogP contribution is -2.42. The van der Waals surface area contributed by atoms with Crippen molar-refractivity contribution < 1.29 is 14.3 Å². The third kappa shape index (κ3) is 5.45. The molecule has 2 aromatic heterocycles. The Morgan fingerprint density at radius 2 is 2.09 bits per heavy atom. The van der Waals surface area contributed by atoms with Crippen molar-refractivity contribution in [1.82, 2.24) is 15.3 Å². The van der Waals surface area contributed by atoms with Gasteiger partial charge in [-0.25, -0.2) is 0 Å². The van der Waals surface area contributed by atoms with Gasteiger partial charge < -0.3 is 26.5 Å². The van der Waals surface area contributed by atoms with Crippen LogP contribution in [0.1, 0.15) is 12.0 Å². The van der Waals surface area contributed by atoms with Crippen LogP contribution in [0.4, 0.5) is 5.69 Å².